The van der Waals surface area contributed by atoms with Crippen molar-refractivity contribution in [2.24, 2.45) is 0 Å². The lowest BCUT2D eigenvalue weighted by Gasteiger charge is -2.17. The number of rotatable bonds is 6. The summed E-state index contributed by atoms with van der Waals surface area (Å²) in [5, 5.41) is 24.9. The maximum atomic E-state index is 13.5. The number of hydrogen-bond acceptors (Lipinski definition) is 5. The van der Waals surface area contributed by atoms with Crippen LogP contribution in [0.25, 0.3) is 23.0 Å². The molecular weight excluding hydrogens is 459 g/mol. The summed E-state index contributed by atoms with van der Waals surface area (Å²) in [6, 6.07) is 16.6. The Hall–Kier alpha value is -4.77. The number of ketones is 1. The number of hydrogen-bond donors (Lipinski definition) is 1. The van der Waals surface area contributed by atoms with Gasteiger partial charge in [0, 0.05) is 23.4 Å². The number of para-hydroxylation sites is 1. The van der Waals surface area contributed by atoms with Crippen LogP contribution in [-0.4, -0.2) is 25.2 Å². The Labute approximate surface area is 207 Å². The standard InChI is InChI=1S/C28H23FN4O3/c1-17(2)33-27(35)23(15-30)18(3)25(28(33)36)24(34)14-11-20-16-32(22-7-5-4-6-8-22)31-26(20)19-9-12-21(29)13-10-19/h4-14,16-17,36H,1-3H3/b14-11+. The third-order valence-corrected chi connectivity index (χ3v) is 5.80. The monoisotopic (exact) mass is 482 g/mol. The minimum atomic E-state index is -0.647. The minimum absolute atomic E-state index is 0.116. The molecule has 0 amide bonds. The molecular formula is C28H23FN4O3. The van der Waals surface area contributed by atoms with E-state index in [1.54, 1.807) is 42.9 Å². The van der Waals surface area contributed by atoms with Crippen molar-refractivity contribution in [3.05, 3.63) is 105 Å². The van der Waals surface area contributed by atoms with Gasteiger partial charge in [-0.15, -0.1) is 0 Å². The van der Waals surface area contributed by atoms with Gasteiger partial charge in [0.1, 0.15) is 17.4 Å². The van der Waals surface area contributed by atoms with Crippen LogP contribution in [0.3, 0.4) is 0 Å². The van der Waals surface area contributed by atoms with E-state index in [1.165, 1.54) is 25.1 Å². The molecule has 0 fully saturated rings. The summed E-state index contributed by atoms with van der Waals surface area (Å²) in [6.07, 6.45) is 4.54. The van der Waals surface area contributed by atoms with Gasteiger partial charge in [-0.25, -0.2) is 9.07 Å². The van der Waals surface area contributed by atoms with E-state index < -0.39 is 23.3 Å². The van der Waals surface area contributed by atoms with Gasteiger partial charge in [0.15, 0.2) is 5.78 Å². The second kappa shape index (κ2) is 9.84. The molecule has 0 aliphatic heterocycles. The molecule has 0 bridgehead atoms. The predicted molar refractivity (Wildman–Crippen MR) is 135 cm³/mol. The smallest absolute Gasteiger partial charge is 0.271 e. The molecule has 0 spiro atoms. The summed E-state index contributed by atoms with van der Waals surface area (Å²) in [6.45, 7) is 4.81. The van der Waals surface area contributed by atoms with Crippen LogP contribution in [0.15, 0.2) is 71.7 Å². The molecule has 8 heteroatoms. The minimum Gasteiger partial charge on any atom is -0.494 e. The highest BCUT2D eigenvalue weighted by atomic mass is 19.1. The fraction of sp³-hybridized carbons (Fsp3) is 0.143. The number of benzene rings is 2. The van der Waals surface area contributed by atoms with E-state index in [2.05, 4.69) is 5.10 Å². The zero-order valence-corrected chi connectivity index (χ0v) is 19.9. The molecule has 2 heterocycles. The lowest BCUT2D eigenvalue weighted by atomic mass is 10.00. The topological polar surface area (TPSA) is 101 Å². The molecule has 0 radical (unpaired) electrons. The van der Waals surface area contributed by atoms with Crippen molar-refractivity contribution < 1.29 is 14.3 Å². The van der Waals surface area contributed by atoms with Gasteiger partial charge in [-0.3, -0.25) is 14.2 Å². The van der Waals surface area contributed by atoms with E-state index >= 15 is 0 Å². The molecule has 2 aromatic heterocycles. The molecule has 36 heavy (non-hydrogen) atoms. The number of aromatic nitrogens is 3. The van der Waals surface area contributed by atoms with Gasteiger partial charge in [0.2, 0.25) is 5.88 Å². The maximum absolute atomic E-state index is 13.5. The number of aromatic hydroxyl groups is 1. The van der Waals surface area contributed by atoms with Gasteiger partial charge in [0.05, 0.1) is 16.9 Å². The third kappa shape index (κ3) is 4.46. The quantitative estimate of drug-likeness (QED) is 0.301. The summed E-state index contributed by atoms with van der Waals surface area (Å²) in [4.78, 5) is 25.8. The number of nitriles is 1. The maximum Gasteiger partial charge on any atom is 0.271 e. The van der Waals surface area contributed by atoms with Crippen LogP contribution in [-0.2, 0) is 0 Å². The first-order chi connectivity index (χ1) is 17.2. The molecule has 4 aromatic rings. The van der Waals surface area contributed by atoms with Crippen molar-refractivity contribution in [3.63, 3.8) is 0 Å². The fourth-order valence-corrected chi connectivity index (χ4v) is 4.00. The Bertz CT molecular complexity index is 1570. The second-order valence-corrected chi connectivity index (χ2v) is 8.50. The summed E-state index contributed by atoms with van der Waals surface area (Å²) >= 11 is 0. The third-order valence-electron chi connectivity index (χ3n) is 5.80. The summed E-state index contributed by atoms with van der Waals surface area (Å²) < 4.78 is 16.2. The largest absolute Gasteiger partial charge is 0.494 e. The molecule has 0 unspecified atom stereocenters. The van der Waals surface area contributed by atoms with Crippen LogP contribution in [0.4, 0.5) is 4.39 Å². The molecule has 4 rings (SSSR count). The molecule has 0 aliphatic carbocycles. The highest BCUT2D eigenvalue weighted by Gasteiger charge is 2.24. The second-order valence-electron chi connectivity index (χ2n) is 8.50. The van der Waals surface area contributed by atoms with Crippen molar-refractivity contribution in [2.45, 2.75) is 26.8 Å². The van der Waals surface area contributed by atoms with Crippen LogP contribution in [0.5, 0.6) is 5.88 Å². The first kappa shape index (κ1) is 24.4. The number of nitrogens with zero attached hydrogens (tertiary/aromatic N) is 4. The van der Waals surface area contributed by atoms with Crippen molar-refractivity contribution >= 4 is 11.9 Å². The Morgan fingerprint density at radius 1 is 1.14 bits per heavy atom. The number of pyridine rings is 1. The molecule has 7 nitrogen and oxygen atoms in total. The predicted octanol–water partition coefficient (Wildman–Crippen LogP) is 5.20. The number of carbonyl (C=O) groups is 1. The first-order valence-corrected chi connectivity index (χ1v) is 11.2. The van der Waals surface area contributed by atoms with Gasteiger partial charge in [-0.2, -0.15) is 10.4 Å². The molecule has 0 atom stereocenters. The zero-order chi connectivity index (χ0) is 26.0. The van der Waals surface area contributed by atoms with E-state index in [9.17, 15) is 24.3 Å². The summed E-state index contributed by atoms with van der Waals surface area (Å²) in [5.41, 5.74) is 1.70. The molecule has 1 N–H and O–H groups in total. The summed E-state index contributed by atoms with van der Waals surface area (Å²) in [7, 11) is 0. The fourth-order valence-electron chi connectivity index (χ4n) is 4.00. The van der Waals surface area contributed by atoms with Gasteiger partial charge in [0.25, 0.3) is 5.56 Å². The van der Waals surface area contributed by atoms with Gasteiger partial charge in [-0.1, -0.05) is 18.2 Å². The van der Waals surface area contributed by atoms with E-state index in [1.807, 2.05) is 36.4 Å². The van der Waals surface area contributed by atoms with Crippen molar-refractivity contribution in [1.29, 1.82) is 5.26 Å². The zero-order valence-electron chi connectivity index (χ0n) is 19.9. The van der Waals surface area contributed by atoms with Crippen molar-refractivity contribution in [2.75, 3.05) is 0 Å². The molecule has 2 aromatic carbocycles. The van der Waals surface area contributed by atoms with E-state index in [0.717, 1.165) is 10.3 Å². The Balaban J connectivity index is 1.82. The van der Waals surface area contributed by atoms with Crippen molar-refractivity contribution in [1.82, 2.24) is 14.3 Å². The first-order valence-electron chi connectivity index (χ1n) is 11.2. The Morgan fingerprint density at radius 3 is 2.42 bits per heavy atom. The summed E-state index contributed by atoms with van der Waals surface area (Å²) in [5.74, 6) is -1.44. The van der Waals surface area contributed by atoms with E-state index in [-0.39, 0.29) is 22.5 Å². The molecule has 0 saturated heterocycles. The Kier molecular flexibility index (Phi) is 6.66. The lowest BCUT2D eigenvalue weighted by Crippen LogP contribution is -2.27. The molecule has 0 aliphatic rings. The van der Waals surface area contributed by atoms with Crippen LogP contribution in [0, 0.1) is 24.1 Å². The van der Waals surface area contributed by atoms with Crippen LogP contribution < -0.4 is 5.56 Å². The number of allylic oxidation sites excluding steroid dienone is 1. The van der Waals surface area contributed by atoms with Crippen molar-refractivity contribution in [3.8, 4) is 28.9 Å². The lowest BCUT2D eigenvalue weighted by molar-refractivity contribution is 0.104. The highest BCUT2D eigenvalue weighted by molar-refractivity contribution is 6.09. The highest BCUT2D eigenvalue weighted by Crippen LogP contribution is 2.28. The van der Waals surface area contributed by atoms with Crippen LogP contribution >= 0.6 is 0 Å². The van der Waals surface area contributed by atoms with Gasteiger partial charge in [-0.05, 0) is 74.9 Å². The Morgan fingerprint density at radius 2 is 1.81 bits per heavy atom. The SMILES string of the molecule is Cc1c(C(=O)/C=C/c2cn(-c3ccccc3)nc2-c2ccc(F)cc2)c(O)n(C(C)C)c(=O)c1C#N. The molecule has 0 saturated carbocycles. The van der Waals surface area contributed by atoms with E-state index in [0.29, 0.717) is 16.8 Å². The number of carbonyl (C=O) groups excluding carboxylic acids is 1. The number of halogens is 1. The van der Waals surface area contributed by atoms with E-state index in [4.69, 9.17) is 0 Å². The molecule has 180 valence electrons. The van der Waals surface area contributed by atoms with Gasteiger partial charge < -0.3 is 5.11 Å². The van der Waals surface area contributed by atoms with Crippen LogP contribution in [0.1, 0.15) is 46.9 Å². The average Bonchev–Trinajstić information content (AvgIpc) is 3.28. The average molecular weight is 483 g/mol. The van der Waals surface area contributed by atoms with Gasteiger partial charge >= 0.3 is 0 Å². The van der Waals surface area contributed by atoms with Crippen LogP contribution in [0.2, 0.25) is 0 Å². The normalized spacial score (nSPS) is 11.2.